The maximum atomic E-state index is 12.7. The molecule has 2 aliphatic rings. The Kier molecular flexibility index (Phi) is 5.35. The Labute approximate surface area is 163 Å². The van der Waals surface area contributed by atoms with Crippen LogP contribution in [-0.4, -0.2) is 21.4 Å². The molecule has 4 nitrogen and oxygen atoms in total. The van der Waals surface area contributed by atoms with E-state index in [0.717, 1.165) is 48.5 Å². The number of rotatable bonds is 3. The van der Waals surface area contributed by atoms with Gasteiger partial charge in [-0.25, -0.2) is 4.98 Å². The first kappa shape index (κ1) is 18.0. The van der Waals surface area contributed by atoms with Crippen LogP contribution in [0, 0.1) is 0 Å². The number of aromatic nitrogens is 2. The summed E-state index contributed by atoms with van der Waals surface area (Å²) < 4.78 is 0. The molecule has 1 aliphatic carbocycles. The highest BCUT2D eigenvalue weighted by atomic mass is 35.5. The Morgan fingerprint density at radius 1 is 1.19 bits per heavy atom. The fourth-order valence-corrected chi connectivity index (χ4v) is 4.56. The highest BCUT2D eigenvalue weighted by Crippen LogP contribution is 2.31. The van der Waals surface area contributed by atoms with Crippen molar-refractivity contribution in [2.75, 3.05) is 6.54 Å². The second kappa shape index (κ2) is 7.71. The zero-order chi connectivity index (χ0) is 18.1. The van der Waals surface area contributed by atoms with Crippen molar-refractivity contribution < 1.29 is 0 Å². The van der Waals surface area contributed by atoms with Gasteiger partial charge in [0.15, 0.2) is 0 Å². The second-order valence-electron chi connectivity index (χ2n) is 7.41. The average molecular weight is 392 g/mol. The van der Waals surface area contributed by atoms with Crippen LogP contribution in [0.1, 0.15) is 60.7 Å². The van der Waals surface area contributed by atoms with Crippen LogP contribution < -0.4 is 5.56 Å². The zero-order valence-electron chi connectivity index (χ0n) is 14.7. The number of halogens is 2. The van der Waals surface area contributed by atoms with E-state index in [1.807, 2.05) is 12.1 Å². The third kappa shape index (κ3) is 3.83. The van der Waals surface area contributed by atoms with Gasteiger partial charge in [-0.1, -0.05) is 48.5 Å². The standard InChI is InChI=1S/C20H23Cl2N3O/c21-15-7-6-14(17(22)10-15)11-25-9-8-18-16(12-25)20(26)24-19(23-18)13-4-2-1-3-5-13/h6-7,10,13H,1-5,8-9,11-12H2,(H,23,24,26). The topological polar surface area (TPSA) is 49.0 Å². The van der Waals surface area contributed by atoms with Crippen LogP contribution in [0.25, 0.3) is 0 Å². The molecule has 1 aromatic carbocycles. The average Bonchev–Trinajstić information content (AvgIpc) is 2.65. The van der Waals surface area contributed by atoms with Crippen molar-refractivity contribution >= 4 is 23.2 Å². The Hall–Kier alpha value is -1.36. The van der Waals surface area contributed by atoms with Gasteiger partial charge >= 0.3 is 0 Å². The molecule has 138 valence electrons. The first-order valence-electron chi connectivity index (χ1n) is 9.38. The highest BCUT2D eigenvalue weighted by Gasteiger charge is 2.24. The first-order chi connectivity index (χ1) is 12.6. The molecule has 0 bridgehead atoms. The Balaban J connectivity index is 1.52. The fraction of sp³-hybridized carbons (Fsp3) is 0.500. The van der Waals surface area contributed by atoms with E-state index >= 15 is 0 Å². The SMILES string of the molecule is O=c1[nH]c(C2CCCCC2)nc2c1CN(Cc1ccc(Cl)cc1Cl)CC2. The molecule has 4 rings (SSSR count). The van der Waals surface area contributed by atoms with Crippen LogP contribution in [0.5, 0.6) is 0 Å². The van der Waals surface area contributed by atoms with Crippen molar-refractivity contribution in [3.63, 3.8) is 0 Å². The lowest BCUT2D eigenvalue weighted by atomic mass is 9.88. The summed E-state index contributed by atoms with van der Waals surface area (Å²) in [6, 6.07) is 5.57. The van der Waals surface area contributed by atoms with Crippen LogP contribution in [0.2, 0.25) is 10.0 Å². The van der Waals surface area contributed by atoms with Gasteiger partial charge in [-0.3, -0.25) is 9.69 Å². The van der Waals surface area contributed by atoms with E-state index in [0.29, 0.717) is 29.1 Å². The monoisotopic (exact) mass is 391 g/mol. The van der Waals surface area contributed by atoms with Gasteiger partial charge in [0.05, 0.1) is 11.3 Å². The molecule has 1 saturated carbocycles. The summed E-state index contributed by atoms with van der Waals surface area (Å²) in [7, 11) is 0. The lowest BCUT2D eigenvalue weighted by Gasteiger charge is -2.29. The molecular formula is C20H23Cl2N3O. The van der Waals surface area contributed by atoms with E-state index in [1.165, 1.54) is 19.3 Å². The molecule has 0 radical (unpaired) electrons. The maximum absolute atomic E-state index is 12.7. The third-order valence-corrected chi connectivity index (χ3v) is 6.15. The number of benzene rings is 1. The molecule has 1 N–H and O–H groups in total. The number of hydrogen-bond acceptors (Lipinski definition) is 3. The van der Waals surface area contributed by atoms with E-state index < -0.39 is 0 Å². The summed E-state index contributed by atoms with van der Waals surface area (Å²) in [4.78, 5) is 22.8. The van der Waals surface area contributed by atoms with E-state index in [9.17, 15) is 4.79 Å². The third-order valence-electron chi connectivity index (χ3n) is 5.57. The minimum atomic E-state index is 0.0301. The summed E-state index contributed by atoms with van der Waals surface area (Å²) in [6.07, 6.45) is 6.87. The molecular weight excluding hydrogens is 369 g/mol. The molecule has 0 unspecified atom stereocenters. The summed E-state index contributed by atoms with van der Waals surface area (Å²) in [5.41, 5.74) is 2.85. The van der Waals surface area contributed by atoms with E-state index in [2.05, 4.69) is 9.88 Å². The minimum absolute atomic E-state index is 0.0301. The van der Waals surface area contributed by atoms with Crippen molar-refractivity contribution in [2.24, 2.45) is 0 Å². The maximum Gasteiger partial charge on any atom is 0.255 e. The Morgan fingerprint density at radius 2 is 2.00 bits per heavy atom. The van der Waals surface area contributed by atoms with Crippen molar-refractivity contribution in [1.82, 2.24) is 14.9 Å². The molecule has 26 heavy (non-hydrogen) atoms. The fourth-order valence-electron chi connectivity index (χ4n) is 4.10. The lowest BCUT2D eigenvalue weighted by molar-refractivity contribution is 0.241. The predicted molar refractivity (Wildman–Crippen MR) is 105 cm³/mol. The molecule has 2 heterocycles. The number of aromatic amines is 1. The molecule has 0 amide bonds. The summed E-state index contributed by atoms with van der Waals surface area (Å²) >= 11 is 12.3. The zero-order valence-corrected chi connectivity index (χ0v) is 16.2. The molecule has 2 aromatic rings. The summed E-state index contributed by atoms with van der Waals surface area (Å²) in [6.45, 7) is 2.20. The molecule has 1 aromatic heterocycles. The number of fused-ring (bicyclic) bond motifs is 1. The van der Waals surface area contributed by atoms with Crippen molar-refractivity contribution in [3.05, 3.63) is 61.2 Å². The Bertz CT molecular complexity index is 859. The summed E-state index contributed by atoms with van der Waals surface area (Å²) in [5.74, 6) is 1.33. The number of nitrogens with one attached hydrogen (secondary N) is 1. The largest absolute Gasteiger partial charge is 0.310 e. The van der Waals surface area contributed by atoms with Gasteiger partial charge in [-0.2, -0.15) is 0 Å². The van der Waals surface area contributed by atoms with E-state index in [4.69, 9.17) is 28.2 Å². The van der Waals surface area contributed by atoms with Gasteiger partial charge in [-0.05, 0) is 30.5 Å². The van der Waals surface area contributed by atoms with Crippen LogP contribution in [0.3, 0.4) is 0 Å². The van der Waals surface area contributed by atoms with Gasteiger partial charge in [0.1, 0.15) is 5.82 Å². The normalized spacial score (nSPS) is 18.7. The van der Waals surface area contributed by atoms with Crippen LogP contribution in [0.4, 0.5) is 0 Å². The molecule has 1 fully saturated rings. The minimum Gasteiger partial charge on any atom is -0.310 e. The molecule has 1 aliphatic heterocycles. The van der Waals surface area contributed by atoms with Crippen LogP contribution >= 0.6 is 23.2 Å². The van der Waals surface area contributed by atoms with Gasteiger partial charge in [0.2, 0.25) is 0 Å². The van der Waals surface area contributed by atoms with Crippen LogP contribution in [0.15, 0.2) is 23.0 Å². The smallest absolute Gasteiger partial charge is 0.255 e. The predicted octanol–water partition coefficient (Wildman–Crippen LogP) is 4.68. The molecule has 0 atom stereocenters. The number of hydrogen-bond donors (Lipinski definition) is 1. The van der Waals surface area contributed by atoms with Crippen molar-refractivity contribution in [3.8, 4) is 0 Å². The quantitative estimate of drug-likeness (QED) is 0.825. The van der Waals surface area contributed by atoms with Gasteiger partial charge < -0.3 is 4.98 Å². The number of nitrogens with zero attached hydrogens (tertiary/aromatic N) is 2. The van der Waals surface area contributed by atoms with E-state index in [-0.39, 0.29) is 5.56 Å². The lowest BCUT2D eigenvalue weighted by Crippen LogP contribution is -2.36. The Morgan fingerprint density at radius 3 is 2.77 bits per heavy atom. The van der Waals surface area contributed by atoms with Crippen LogP contribution in [-0.2, 0) is 19.5 Å². The van der Waals surface area contributed by atoms with Gasteiger partial charge in [0, 0.05) is 42.0 Å². The first-order valence-corrected chi connectivity index (χ1v) is 10.1. The second-order valence-corrected chi connectivity index (χ2v) is 8.25. The molecule has 6 heteroatoms. The summed E-state index contributed by atoms with van der Waals surface area (Å²) in [5, 5.41) is 1.31. The van der Waals surface area contributed by atoms with E-state index in [1.54, 1.807) is 6.07 Å². The van der Waals surface area contributed by atoms with Crippen molar-refractivity contribution in [1.29, 1.82) is 0 Å². The molecule has 0 spiro atoms. The van der Waals surface area contributed by atoms with Gasteiger partial charge in [-0.15, -0.1) is 0 Å². The highest BCUT2D eigenvalue weighted by molar-refractivity contribution is 6.35. The molecule has 0 saturated heterocycles. The van der Waals surface area contributed by atoms with Gasteiger partial charge in [0.25, 0.3) is 5.56 Å². The number of H-pyrrole nitrogens is 1. The van der Waals surface area contributed by atoms with Crippen molar-refractivity contribution in [2.45, 2.75) is 57.5 Å².